The Morgan fingerprint density at radius 3 is 2.70 bits per heavy atom. The van der Waals surface area contributed by atoms with E-state index in [-0.39, 0.29) is 5.91 Å². The van der Waals surface area contributed by atoms with E-state index >= 15 is 0 Å². The molecular weight excluding hydrogens is 312 g/mol. The Hall–Kier alpha value is -1.26. The second kappa shape index (κ2) is 9.14. The van der Waals surface area contributed by atoms with Gasteiger partial charge in [0.1, 0.15) is 12.4 Å². The summed E-state index contributed by atoms with van der Waals surface area (Å²) in [5, 5.41) is 3.88. The number of halogens is 1. The van der Waals surface area contributed by atoms with Crippen LogP contribution in [0.2, 0.25) is 5.02 Å². The molecule has 0 aromatic heterocycles. The van der Waals surface area contributed by atoms with Gasteiger partial charge in [0.05, 0.1) is 6.54 Å². The van der Waals surface area contributed by atoms with Gasteiger partial charge in [0.15, 0.2) is 0 Å². The quantitative estimate of drug-likeness (QED) is 0.829. The topological polar surface area (TPSA) is 41.6 Å². The summed E-state index contributed by atoms with van der Waals surface area (Å²) in [6, 6.07) is 7.65. The molecule has 2 atom stereocenters. The summed E-state index contributed by atoms with van der Waals surface area (Å²) >= 11 is 5.84. The van der Waals surface area contributed by atoms with E-state index in [0.717, 1.165) is 12.2 Å². The Morgan fingerprint density at radius 2 is 2.00 bits per heavy atom. The van der Waals surface area contributed by atoms with Crippen molar-refractivity contribution >= 4 is 17.5 Å². The molecule has 0 saturated heterocycles. The number of carbonyl (C=O) groups is 1. The molecule has 1 amide bonds. The zero-order valence-corrected chi connectivity index (χ0v) is 14.8. The van der Waals surface area contributed by atoms with E-state index in [4.69, 9.17) is 16.3 Å². The van der Waals surface area contributed by atoms with Crippen LogP contribution in [0.1, 0.15) is 32.6 Å². The number of ether oxygens (including phenoxy) is 1. The van der Waals surface area contributed by atoms with Crippen molar-refractivity contribution in [2.75, 3.05) is 26.7 Å². The molecule has 0 heterocycles. The molecule has 1 saturated carbocycles. The minimum absolute atomic E-state index is 0.109. The fourth-order valence-corrected chi connectivity index (χ4v) is 3.08. The Morgan fingerprint density at radius 1 is 1.30 bits per heavy atom. The predicted molar refractivity (Wildman–Crippen MR) is 94.0 cm³/mol. The second-order valence-corrected chi connectivity index (χ2v) is 6.91. The van der Waals surface area contributed by atoms with Gasteiger partial charge in [-0.2, -0.15) is 0 Å². The zero-order valence-electron chi connectivity index (χ0n) is 14.1. The molecule has 0 aliphatic heterocycles. The number of rotatable bonds is 7. The smallest absolute Gasteiger partial charge is 0.234 e. The minimum atomic E-state index is 0.109. The van der Waals surface area contributed by atoms with Crippen molar-refractivity contribution in [3.8, 4) is 5.75 Å². The van der Waals surface area contributed by atoms with E-state index in [1.54, 1.807) is 12.1 Å². The molecule has 128 valence electrons. The van der Waals surface area contributed by atoms with Gasteiger partial charge in [-0.05, 0) is 50.1 Å². The van der Waals surface area contributed by atoms with Gasteiger partial charge in [-0.3, -0.25) is 9.69 Å². The van der Waals surface area contributed by atoms with Crippen LogP contribution in [0.4, 0.5) is 0 Å². The van der Waals surface area contributed by atoms with Gasteiger partial charge in [0.2, 0.25) is 5.91 Å². The van der Waals surface area contributed by atoms with E-state index in [1.165, 1.54) is 19.3 Å². The molecule has 1 aromatic rings. The van der Waals surface area contributed by atoms with Crippen LogP contribution in [0.5, 0.6) is 5.75 Å². The number of benzene rings is 1. The molecule has 1 N–H and O–H groups in total. The average molecular weight is 339 g/mol. The lowest BCUT2D eigenvalue weighted by atomic mass is 9.86. The van der Waals surface area contributed by atoms with Gasteiger partial charge in [-0.25, -0.2) is 0 Å². The van der Waals surface area contributed by atoms with E-state index in [2.05, 4.69) is 12.2 Å². The monoisotopic (exact) mass is 338 g/mol. The first-order valence-corrected chi connectivity index (χ1v) is 8.78. The van der Waals surface area contributed by atoms with Crippen molar-refractivity contribution in [1.29, 1.82) is 0 Å². The van der Waals surface area contributed by atoms with Crippen LogP contribution in [0, 0.1) is 5.92 Å². The number of hydrogen-bond acceptors (Lipinski definition) is 3. The van der Waals surface area contributed by atoms with Crippen molar-refractivity contribution in [3.05, 3.63) is 29.3 Å². The highest BCUT2D eigenvalue weighted by Gasteiger charge is 2.22. The van der Waals surface area contributed by atoms with Crippen LogP contribution in [-0.4, -0.2) is 43.6 Å². The Labute approximate surface area is 144 Å². The van der Waals surface area contributed by atoms with Gasteiger partial charge in [0, 0.05) is 17.6 Å². The van der Waals surface area contributed by atoms with Crippen LogP contribution in [0.3, 0.4) is 0 Å². The number of carbonyl (C=O) groups excluding carboxylic acids is 1. The number of nitrogens with zero attached hydrogens (tertiary/aromatic N) is 1. The molecule has 2 rings (SSSR count). The molecule has 0 unspecified atom stereocenters. The van der Waals surface area contributed by atoms with Gasteiger partial charge >= 0.3 is 0 Å². The summed E-state index contributed by atoms with van der Waals surface area (Å²) in [6.45, 7) is 3.89. The summed E-state index contributed by atoms with van der Waals surface area (Å²) in [4.78, 5) is 14.1. The van der Waals surface area contributed by atoms with E-state index in [1.807, 2.05) is 24.1 Å². The molecule has 1 aliphatic rings. The van der Waals surface area contributed by atoms with Gasteiger partial charge in [-0.15, -0.1) is 0 Å². The third-order valence-corrected chi connectivity index (χ3v) is 4.68. The number of hydrogen-bond donors (Lipinski definition) is 1. The number of nitrogens with one attached hydrogen (secondary N) is 1. The van der Waals surface area contributed by atoms with Crippen LogP contribution in [-0.2, 0) is 4.79 Å². The fourth-order valence-electron chi connectivity index (χ4n) is 2.96. The minimum Gasteiger partial charge on any atom is -0.492 e. The highest BCUT2D eigenvalue weighted by atomic mass is 35.5. The maximum atomic E-state index is 12.1. The average Bonchev–Trinajstić information content (AvgIpc) is 2.51. The van der Waals surface area contributed by atoms with Crippen molar-refractivity contribution in [3.63, 3.8) is 0 Å². The standard InChI is InChI=1S/C18H27ClN2O2/c1-14-5-3-4-6-17(14)20-18(22)13-21(2)11-12-23-16-9-7-15(19)8-10-16/h7-10,14,17H,3-6,11-13H2,1-2H3,(H,20,22)/t14-,17+/m0/s1. The first kappa shape index (κ1) is 18.1. The van der Waals surface area contributed by atoms with E-state index in [9.17, 15) is 4.79 Å². The van der Waals surface area contributed by atoms with E-state index in [0.29, 0.717) is 36.7 Å². The Balaban J connectivity index is 1.64. The zero-order chi connectivity index (χ0) is 16.7. The van der Waals surface area contributed by atoms with Crippen molar-refractivity contribution < 1.29 is 9.53 Å². The largest absolute Gasteiger partial charge is 0.492 e. The molecule has 1 aromatic carbocycles. The third-order valence-electron chi connectivity index (χ3n) is 4.43. The van der Waals surface area contributed by atoms with Gasteiger partial charge in [0.25, 0.3) is 0 Å². The molecular formula is C18H27ClN2O2. The summed E-state index contributed by atoms with van der Waals surface area (Å²) in [5.41, 5.74) is 0. The van der Waals surface area contributed by atoms with Crippen molar-refractivity contribution in [2.24, 2.45) is 5.92 Å². The SMILES string of the molecule is C[C@H]1CCCC[C@H]1NC(=O)CN(C)CCOc1ccc(Cl)cc1. The van der Waals surface area contributed by atoms with Crippen LogP contribution in [0.25, 0.3) is 0 Å². The summed E-state index contributed by atoms with van der Waals surface area (Å²) in [5.74, 6) is 1.49. The lowest BCUT2D eigenvalue weighted by Gasteiger charge is -2.30. The lowest BCUT2D eigenvalue weighted by Crippen LogP contribution is -2.45. The number of likely N-dealkylation sites (N-methyl/N-ethyl adjacent to an activating group) is 1. The predicted octanol–water partition coefficient (Wildman–Crippen LogP) is 3.35. The Kier molecular flexibility index (Phi) is 7.18. The first-order chi connectivity index (χ1) is 11.0. The van der Waals surface area contributed by atoms with E-state index < -0.39 is 0 Å². The maximum absolute atomic E-state index is 12.1. The molecule has 5 heteroatoms. The van der Waals surface area contributed by atoms with Gasteiger partial charge < -0.3 is 10.1 Å². The Bertz CT molecular complexity index is 492. The highest BCUT2D eigenvalue weighted by molar-refractivity contribution is 6.30. The molecule has 0 spiro atoms. The van der Waals surface area contributed by atoms with Crippen molar-refractivity contribution in [1.82, 2.24) is 10.2 Å². The summed E-state index contributed by atoms with van der Waals surface area (Å²) < 4.78 is 5.65. The molecule has 23 heavy (non-hydrogen) atoms. The highest BCUT2D eigenvalue weighted by Crippen LogP contribution is 2.23. The van der Waals surface area contributed by atoms with Gasteiger partial charge in [-0.1, -0.05) is 31.4 Å². The lowest BCUT2D eigenvalue weighted by molar-refractivity contribution is -0.123. The second-order valence-electron chi connectivity index (χ2n) is 6.48. The fraction of sp³-hybridized carbons (Fsp3) is 0.611. The van der Waals surface area contributed by atoms with Crippen LogP contribution in [0.15, 0.2) is 24.3 Å². The summed E-state index contributed by atoms with van der Waals surface area (Å²) in [7, 11) is 1.94. The number of amides is 1. The molecule has 0 bridgehead atoms. The normalized spacial score (nSPS) is 21.2. The molecule has 1 fully saturated rings. The third kappa shape index (κ3) is 6.40. The molecule has 0 radical (unpaired) electrons. The summed E-state index contributed by atoms with van der Waals surface area (Å²) in [6.07, 6.45) is 4.83. The molecule has 4 nitrogen and oxygen atoms in total. The maximum Gasteiger partial charge on any atom is 0.234 e. The first-order valence-electron chi connectivity index (χ1n) is 8.41. The van der Waals surface area contributed by atoms with Crippen molar-refractivity contribution in [2.45, 2.75) is 38.6 Å². The van der Waals surface area contributed by atoms with Crippen LogP contribution >= 0.6 is 11.6 Å². The molecule has 1 aliphatic carbocycles. The van der Waals surface area contributed by atoms with Crippen LogP contribution < -0.4 is 10.1 Å².